The van der Waals surface area contributed by atoms with Gasteiger partial charge in [-0.25, -0.2) is 0 Å². The van der Waals surface area contributed by atoms with Crippen LogP contribution < -0.4 is 4.89 Å². The zero-order valence-electron chi connectivity index (χ0n) is 49.3. The molecule has 0 bridgehead atoms. The number of esters is 2. The highest BCUT2D eigenvalue weighted by atomic mass is 31.2. The highest BCUT2D eigenvalue weighted by Gasteiger charge is 2.21. The number of likely N-dealkylation sites (N-methyl/N-ethyl adjacent to an activating group) is 1. The molecule has 77 heavy (non-hydrogen) atoms. The molecular formula is C67H110NO8P. The van der Waals surface area contributed by atoms with Crippen molar-refractivity contribution < 1.29 is 42.1 Å². The molecule has 2 unspecified atom stereocenters. The number of phosphoric acid groups is 1. The van der Waals surface area contributed by atoms with E-state index in [1.54, 1.807) is 0 Å². The van der Waals surface area contributed by atoms with E-state index >= 15 is 0 Å². The lowest BCUT2D eigenvalue weighted by Crippen LogP contribution is -2.37. The molecule has 436 valence electrons. The van der Waals surface area contributed by atoms with E-state index in [1.807, 2.05) is 21.1 Å². The third-order valence-electron chi connectivity index (χ3n) is 12.1. The van der Waals surface area contributed by atoms with E-state index in [0.29, 0.717) is 23.9 Å². The lowest BCUT2D eigenvalue weighted by Gasteiger charge is -2.28. The molecule has 0 amide bonds. The molecule has 0 aromatic rings. The quantitative estimate of drug-likeness (QED) is 0.0195. The summed E-state index contributed by atoms with van der Waals surface area (Å²) in [5.74, 6) is -0.868. The summed E-state index contributed by atoms with van der Waals surface area (Å²) in [5.41, 5.74) is 0. The number of phosphoric ester groups is 1. The maximum Gasteiger partial charge on any atom is 0.306 e. The Hall–Kier alpha value is -4.11. The first-order chi connectivity index (χ1) is 37.5. The van der Waals surface area contributed by atoms with Gasteiger partial charge in [-0.2, -0.15) is 0 Å². The van der Waals surface area contributed by atoms with Gasteiger partial charge in [0.05, 0.1) is 27.7 Å². The van der Waals surface area contributed by atoms with Crippen molar-refractivity contribution in [1.29, 1.82) is 0 Å². The molecule has 0 N–H and O–H groups in total. The van der Waals surface area contributed by atoms with Crippen LogP contribution in [-0.4, -0.2) is 70.0 Å². The number of ether oxygens (including phenoxy) is 2. The summed E-state index contributed by atoms with van der Waals surface area (Å²) in [5, 5.41) is 0. The summed E-state index contributed by atoms with van der Waals surface area (Å²) in [4.78, 5) is 37.7. The van der Waals surface area contributed by atoms with Gasteiger partial charge in [0, 0.05) is 12.8 Å². The summed E-state index contributed by atoms with van der Waals surface area (Å²) in [6.07, 6.45) is 83.4. The van der Waals surface area contributed by atoms with Crippen molar-refractivity contribution >= 4 is 19.8 Å². The standard InChI is InChI=1S/C67H110NO8P/c1-6-8-10-12-14-16-18-20-21-22-23-24-25-26-27-28-29-30-31-32-33-34-35-36-37-38-39-40-41-42-43-44-45-46-47-48-50-52-54-56-58-60-67(70)76-65(64-75-77(71,72)74-62-61-68(3,4)5)63-73-66(69)59-57-55-53-51-49-19-17-15-13-11-9-7-2/h8,10,14-17,20-21,23-24,26-27,29-30,32-33,35-36,38-39,41-42,44-45,65H,6-7,9,11-13,18-19,22,25,28,31,34,37,40,43,46-64H2,1-5H3/b10-8-,16-14-,17-15-,21-20-,24-23-,27-26-,30-29-,33-32-,36-35-,39-38-,42-41-,45-44-. The molecule has 2 atom stereocenters. The van der Waals surface area contributed by atoms with Crippen LogP contribution in [0.4, 0.5) is 0 Å². The lowest BCUT2D eigenvalue weighted by molar-refractivity contribution is -0.870. The maximum absolute atomic E-state index is 12.8. The van der Waals surface area contributed by atoms with Gasteiger partial charge in [0.25, 0.3) is 7.82 Å². The fourth-order valence-electron chi connectivity index (χ4n) is 7.48. The van der Waals surface area contributed by atoms with E-state index < -0.39 is 32.5 Å². The summed E-state index contributed by atoms with van der Waals surface area (Å²) >= 11 is 0. The van der Waals surface area contributed by atoms with Crippen LogP contribution in [0.3, 0.4) is 0 Å². The molecule has 0 fully saturated rings. The average molecular weight is 1090 g/mol. The largest absolute Gasteiger partial charge is 0.756 e. The Bertz CT molecular complexity index is 1810. The van der Waals surface area contributed by atoms with Crippen molar-refractivity contribution in [3.63, 3.8) is 0 Å². The van der Waals surface area contributed by atoms with Crippen LogP contribution in [0.1, 0.15) is 213 Å². The van der Waals surface area contributed by atoms with Gasteiger partial charge in [-0.05, 0) is 122 Å². The number of carbonyl (C=O) groups is 2. The average Bonchev–Trinajstić information content (AvgIpc) is 3.39. The molecule has 0 aliphatic rings. The van der Waals surface area contributed by atoms with Gasteiger partial charge in [0.1, 0.15) is 19.8 Å². The molecule has 0 saturated heterocycles. The Morgan fingerprint density at radius 3 is 1.12 bits per heavy atom. The van der Waals surface area contributed by atoms with Crippen molar-refractivity contribution in [2.75, 3.05) is 47.5 Å². The Labute approximate surface area is 472 Å². The van der Waals surface area contributed by atoms with Gasteiger partial charge >= 0.3 is 11.9 Å². The predicted molar refractivity (Wildman–Crippen MR) is 327 cm³/mol. The zero-order valence-corrected chi connectivity index (χ0v) is 50.2. The first-order valence-corrected chi connectivity index (χ1v) is 31.5. The number of rotatable bonds is 53. The SMILES string of the molecule is CC/C=C\C/C=C\C/C=C\C/C=C\C/C=C\C/C=C\C/C=C\C/C=C\C/C=C\C/C=C\C/C=C\CCCCCCCCCC(=O)OC(COC(=O)CCCCCCC/C=C\CCCCC)COP(=O)([O-])OCC[N+](C)(C)C. The van der Waals surface area contributed by atoms with Crippen LogP contribution in [0.25, 0.3) is 0 Å². The van der Waals surface area contributed by atoms with Crippen molar-refractivity contribution in [2.24, 2.45) is 0 Å². The van der Waals surface area contributed by atoms with Crippen molar-refractivity contribution in [2.45, 2.75) is 219 Å². The van der Waals surface area contributed by atoms with Crippen molar-refractivity contribution in [1.82, 2.24) is 0 Å². The molecule has 0 spiro atoms. The number of nitrogens with zero attached hydrogens (tertiary/aromatic N) is 1. The van der Waals surface area contributed by atoms with Crippen LogP contribution in [0.2, 0.25) is 0 Å². The van der Waals surface area contributed by atoms with E-state index in [9.17, 15) is 19.0 Å². The number of allylic oxidation sites excluding steroid dienone is 24. The number of unbranched alkanes of at least 4 members (excludes halogenated alkanes) is 15. The Morgan fingerprint density at radius 2 is 0.740 bits per heavy atom. The van der Waals surface area contributed by atoms with E-state index in [1.165, 1.54) is 32.1 Å². The van der Waals surface area contributed by atoms with E-state index in [4.69, 9.17) is 18.5 Å². The minimum Gasteiger partial charge on any atom is -0.756 e. The second kappa shape index (κ2) is 56.6. The van der Waals surface area contributed by atoms with Crippen LogP contribution in [0.5, 0.6) is 0 Å². The molecule has 0 aliphatic carbocycles. The van der Waals surface area contributed by atoms with Crippen molar-refractivity contribution in [3.05, 3.63) is 146 Å². The molecular weight excluding hydrogens is 978 g/mol. The minimum atomic E-state index is -4.65. The van der Waals surface area contributed by atoms with Gasteiger partial charge in [0.15, 0.2) is 6.10 Å². The summed E-state index contributed by atoms with van der Waals surface area (Å²) < 4.78 is 34.0. The fraction of sp³-hybridized carbons (Fsp3) is 0.612. The Balaban J connectivity index is 4.12. The normalized spacial score (nSPS) is 14.3. The lowest BCUT2D eigenvalue weighted by atomic mass is 10.1. The van der Waals surface area contributed by atoms with Gasteiger partial charge in [-0.15, -0.1) is 0 Å². The predicted octanol–water partition coefficient (Wildman–Crippen LogP) is 18.5. The van der Waals surface area contributed by atoms with E-state index in [0.717, 1.165) is 141 Å². The number of hydrogen-bond donors (Lipinski definition) is 0. The van der Waals surface area contributed by atoms with Gasteiger partial charge in [0.2, 0.25) is 0 Å². The Kier molecular flexibility index (Phi) is 53.6. The summed E-state index contributed by atoms with van der Waals surface area (Å²) in [7, 11) is 1.13. The monoisotopic (exact) mass is 1090 g/mol. The topological polar surface area (TPSA) is 111 Å². The van der Waals surface area contributed by atoms with Crippen LogP contribution in [0.15, 0.2) is 146 Å². The minimum absolute atomic E-state index is 0.0414. The molecule has 10 heteroatoms. The summed E-state index contributed by atoms with van der Waals surface area (Å²) in [6.45, 7) is 4.05. The highest BCUT2D eigenvalue weighted by Crippen LogP contribution is 2.38. The van der Waals surface area contributed by atoms with Gasteiger partial charge in [-0.1, -0.05) is 224 Å². The molecule has 0 aromatic carbocycles. The molecule has 0 rings (SSSR count). The zero-order chi connectivity index (χ0) is 56.3. The number of hydrogen-bond acceptors (Lipinski definition) is 8. The molecule has 9 nitrogen and oxygen atoms in total. The number of carbonyl (C=O) groups excluding carboxylic acids is 2. The second-order valence-electron chi connectivity index (χ2n) is 20.6. The molecule has 0 heterocycles. The summed E-state index contributed by atoms with van der Waals surface area (Å²) in [6, 6.07) is 0. The molecule has 0 aliphatic heterocycles. The van der Waals surface area contributed by atoms with Gasteiger partial charge in [-0.3, -0.25) is 14.2 Å². The third-order valence-corrected chi connectivity index (χ3v) is 13.1. The molecule has 0 aromatic heterocycles. The van der Waals surface area contributed by atoms with Gasteiger partial charge < -0.3 is 27.9 Å². The van der Waals surface area contributed by atoms with Crippen molar-refractivity contribution in [3.8, 4) is 0 Å². The molecule has 0 radical (unpaired) electrons. The Morgan fingerprint density at radius 1 is 0.416 bits per heavy atom. The van der Waals surface area contributed by atoms with Crippen LogP contribution in [-0.2, 0) is 32.7 Å². The number of quaternary nitrogens is 1. The smallest absolute Gasteiger partial charge is 0.306 e. The first-order valence-electron chi connectivity index (χ1n) is 30.0. The third kappa shape index (κ3) is 61.0. The second-order valence-corrected chi connectivity index (χ2v) is 22.0. The maximum atomic E-state index is 12.8. The fourth-order valence-corrected chi connectivity index (χ4v) is 8.21. The molecule has 0 saturated carbocycles. The highest BCUT2D eigenvalue weighted by molar-refractivity contribution is 7.45. The first kappa shape index (κ1) is 72.9. The van der Waals surface area contributed by atoms with E-state index in [2.05, 4.69) is 160 Å². The van der Waals surface area contributed by atoms with Crippen LogP contribution in [0, 0.1) is 0 Å². The van der Waals surface area contributed by atoms with E-state index in [-0.39, 0.29) is 26.1 Å². The van der Waals surface area contributed by atoms with Crippen LogP contribution >= 0.6 is 7.82 Å².